The van der Waals surface area contributed by atoms with Crippen LogP contribution in [0.2, 0.25) is 0 Å². The lowest BCUT2D eigenvalue weighted by molar-refractivity contribution is -0.137. The molecule has 0 saturated carbocycles. The van der Waals surface area contributed by atoms with E-state index in [0.29, 0.717) is 19.8 Å². The van der Waals surface area contributed by atoms with E-state index in [4.69, 9.17) is 14.6 Å². The summed E-state index contributed by atoms with van der Waals surface area (Å²) in [5.41, 5.74) is 0. The molecule has 0 aromatic heterocycles. The van der Waals surface area contributed by atoms with Crippen molar-refractivity contribution in [2.24, 2.45) is 0 Å². The van der Waals surface area contributed by atoms with Crippen LogP contribution in [0, 0.1) is 0 Å². The van der Waals surface area contributed by atoms with Crippen molar-refractivity contribution < 1.29 is 24.2 Å². The first-order chi connectivity index (χ1) is 12.2. The van der Waals surface area contributed by atoms with Crippen molar-refractivity contribution in [3.63, 3.8) is 0 Å². The minimum Gasteiger partial charge on any atom is -0.481 e. The van der Waals surface area contributed by atoms with Gasteiger partial charge in [-0.05, 0) is 38.9 Å². The standard InChI is InChI=1S/C18H36N2O5/c1-2-19-12-10-13-20-14-16-25-18(23)24-15-9-7-5-3-4-6-8-11-17(21)22/h19-20H,2-16H2,1H3,(H,21,22). The van der Waals surface area contributed by atoms with Crippen LogP contribution in [0.5, 0.6) is 0 Å². The molecule has 0 unspecified atom stereocenters. The average Bonchev–Trinajstić information content (AvgIpc) is 2.58. The number of carboxylic acids is 1. The van der Waals surface area contributed by atoms with E-state index in [9.17, 15) is 9.59 Å². The maximum atomic E-state index is 11.3. The van der Waals surface area contributed by atoms with Crippen molar-refractivity contribution in [2.45, 2.75) is 64.7 Å². The van der Waals surface area contributed by atoms with E-state index in [1.807, 2.05) is 0 Å². The fourth-order valence-corrected chi connectivity index (χ4v) is 2.31. The zero-order valence-corrected chi connectivity index (χ0v) is 15.7. The number of unbranched alkanes of at least 4 members (excludes halogenated alkanes) is 6. The second kappa shape index (κ2) is 19.0. The predicted molar refractivity (Wildman–Crippen MR) is 97.9 cm³/mol. The van der Waals surface area contributed by atoms with Gasteiger partial charge in [0.2, 0.25) is 0 Å². The number of rotatable bonds is 18. The van der Waals surface area contributed by atoms with Gasteiger partial charge in [0.15, 0.2) is 0 Å². The van der Waals surface area contributed by atoms with Gasteiger partial charge >= 0.3 is 12.1 Å². The molecule has 0 aromatic rings. The molecule has 0 aromatic carbocycles. The zero-order valence-electron chi connectivity index (χ0n) is 15.7. The molecule has 0 fully saturated rings. The molecule has 0 rings (SSSR count). The van der Waals surface area contributed by atoms with Crippen LogP contribution in [0.3, 0.4) is 0 Å². The maximum absolute atomic E-state index is 11.3. The monoisotopic (exact) mass is 360 g/mol. The lowest BCUT2D eigenvalue weighted by Gasteiger charge is -2.07. The highest BCUT2D eigenvalue weighted by Crippen LogP contribution is 2.08. The van der Waals surface area contributed by atoms with Gasteiger partial charge in [-0.3, -0.25) is 4.79 Å². The number of ether oxygens (including phenoxy) is 2. The van der Waals surface area contributed by atoms with Gasteiger partial charge in [-0.15, -0.1) is 0 Å². The number of hydrogen-bond acceptors (Lipinski definition) is 6. The minimum atomic E-state index is -0.718. The first-order valence-electron chi connectivity index (χ1n) is 9.59. The Hall–Kier alpha value is -1.34. The lowest BCUT2D eigenvalue weighted by atomic mass is 10.1. The van der Waals surface area contributed by atoms with Crippen molar-refractivity contribution in [1.82, 2.24) is 10.6 Å². The van der Waals surface area contributed by atoms with Gasteiger partial charge in [0.1, 0.15) is 6.61 Å². The van der Waals surface area contributed by atoms with Gasteiger partial charge in [-0.1, -0.05) is 39.0 Å². The molecule has 0 saturated heterocycles. The van der Waals surface area contributed by atoms with Gasteiger partial charge in [-0.2, -0.15) is 0 Å². The van der Waals surface area contributed by atoms with Crippen LogP contribution in [-0.2, 0) is 14.3 Å². The molecule has 0 radical (unpaired) electrons. The smallest absolute Gasteiger partial charge is 0.481 e. The number of hydrogen-bond donors (Lipinski definition) is 3. The molecule has 0 aliphatic carbocycles. The SMILES string of the molecule is CCNCCCNCCOC(=O)OCCCCCCCCCC(=O)O. The molecule has 0 spiro atoms. The summed E-state index contributed by atoms with van der Waals surface area (Å²) in [6, 6.07) is 0. The summed E-state index contributed by atoms with van der Waals surface area (Å²) in [5, 5.41) is 15.0. The Bertz CT molecular complexity index is 327. The molecule has 25 heavy (non-hydrogen) atoms. The van der Waals surface area contributed by atoms with Crippen LogP contribution < -0.4 is 10.6 Å². The average molecular weight is 360 g/mol. The Balaban J connectivity index is 3.16. The van der Waals surface area contributed by atoms with Crippen LogP contribution in [0.1, 0.15) is 64.7 Å². The lowest BCUT2D eigenvalue weighted by Crippen LogP contribution is -2.25. The Morgan fingerprint density at radius 1 is 0.760 bits per heavy atom. The fraction of sp³-hybridized carbons (Fsp3) is 0.889. The maximum Gasteiger partial charge on any atom is 0.508 e. The normalized spacial score (nSPS) is 10.6. The molecular weight excluding hydrogens is 324 g/mol. The van der Waals surface area contributed by atoms with Crippen LogP contribution in [-0.4, -0.2) is 56.6 Å². The van der Waals surface area contributed by atoms with Crippen LogP contribution in [0.4, 0.5) is 4.79 Å². The Kier molecular flexibility index (Phi) is 18.0. The first-order valence-corrected chi connectivity index (χ1v) is 9.59. The quantitative estimate of drug-likeness (QED) is 0.255. The predicted octanol–water partition coefficient (Wildman–Crippen LogP) is 2.93. The Morgan fingerprint density at radius 2 is 1.36 bits per heavy atom. The van der Waals surface area contributed by atoms with Gasteiger partial charge in [0, 0.05) is 13.0 Å². The second-order valence-corrected chi connectivity index (χ2v) is 6.02. The number of aliphatic carboxylic acids is 1. The third-order valence-corrected chi connectivity index (χ3v) is 3.71. The van der Waals surface area contributed by atoms with Crippen molar-refractivity contribution in [3.05, 3.63) is 0 Å². The molecule has 3 N–H and O–H groups in total. The highest BCUT2D eigenvalue weighted by molar-refractivity contribution is 5.66. The van der Waals surface area contributed by atoms with Gasteiger partial charge in [0.05, 0.1) is 6.61 Å². The molecule has 0 aliphatic rings. The van der Waals surface area contributed by atoms with E-state index in [2.05, 4.69) is 17.6 Å². The summed E-state index contributed by atoms with van der Waals surface area (Å²) >= 11 is 0. The molecule has 0 aliphatic heterocycles. The van der Waals surface area contributed by atoms with E-state index < -0.39 is 12.1 Å². The van der Waals surface area contributed by atoms with Crippen molar-refractivity contribution in [3.8, 4) is 0 Å². The third-order valence-electron chi connectivity index (χ3n) is 3.71. The summed E-state index contributed by atoms with van der Waals surface area (Å²) in [6.07, 6.45) is 7.56. The summed E-state index contributed by atoms with van der Waals surface area (Å²) in [5.74, 6) is -0.718. The van der Waals surface area contributed by atoms with E-state index in [1.165, 1.54) is 0 Å². The summed E-state index contributed by atoms with van der Waals surface area (Å²) in [4.78, 5) is 21.7. The highest BCUT2D eigenvalue weighted by atomic mass is 16.7. The molecule has 7 heteroatoms. The van der Waals surface area contributed by atoms with Crippen LogP contribution in [0.25, 0.3) is 0 Å². The zero-order chi connectivity index (χ0) is 18.6. The topological polar surface area (TPSA) is 96.9 Å². The molecular formula is C18H36N2O5. The summed E-state index contributed by atoms with van der Waals surface area (Å²) < 4.78 is 9.98. The molecule has 148 valence electrons. The molecule has 0 amide bonds. The van der Waals surface area contributed by atoms with Gasteiger partial charge < -0.3 is 25.2 Å². The third kappa shape index (κ3) is 20.6. The van der Waals surface area contributed by atoms with Crippen molar-refractivity contribution >= 4 is 12.1 Å². The first kappa shape index (κ1) is 23.7. The molecule has 7 nitrogen and oxygen atoms in total. The van der Waals surface area contributed by atoms with E-state index >= 15 is 0 Å². The molecule has 0 atom stereocenters. The van der Waals surface area contributed by atoms with Crippen LogP contribution in [0.15, 0.2) is 0 Å². The van der Waals surface area contributed by atoms with Crippen molar-refractivity contribution in [2.75, 3.05) is 39.4 Å². The summed E-state index contributed by atoms with van der Waals surface area (Å²) in [7, 11) is 0. The number of carboxylic acid groups (broad SMARTS) is 1. The van der Waals surface area contributed by atoms with E-state index in [-0.39, 0.29) is 6.42 Å². The highest BCUT2D eigenvalue weighted by Gasteiger charge is 2.03. The molecule has 0 heterocycles. The van der Waals surface area contributed by atoms with E-state index in [0.717, 1.165) is 71.0 Å². The largest absolute Gasteiger partial charge is 0.508 e. The number of carbonyl (C=O) groups excluding carboxylic acids is 1. The van der Waals surface area contributed by atoms with Crippen LogP contribution >= 0.6 is 0 Å². The Morgan fingerprint density at radius 3 is 2.04 bits per heavy atom. The van der Waals surface area contributed by atoms with E-state index in [1.54, 1.807) is 0 Å². The van der Waals surface area contributed by atoms with Gasteiger partial charge in [0.25, 0.3) is 0 Å². The van der Waals surface area contributed by atoms with Crippen molar-refractivity contribution in [1.29, 1.82) is 0 Å². The molecule has 0 bridgehead atoms. The fourth-order valence-electron chi connectivity index (χ4n) is 2.31. The summed E-state index contributed by atoms with van der Waals surface area (Å²) in [6.45, 7) is 6.34. The number of nitrogens with one attached hydrogen (secondary N) is 2. The number of carbonyl (C=O) groups is 2. The second-order valence-electron chi connectivity index (χ2n) is 6.02. The minimum absolute atomic E-state index is 0.265. The Labute approximate surface area is 151 Å². The van der Waals surface area contributed by atoms with Gasteiger partial charge in [-0.25, -0.2) is 4.79 Å².